The summed E-state index contributed by atoms with van der Waals surface area (Å²) >= 11 is 3.25. The number of benzene rings is 2. The number of fused-ring (bicyclic) bond motifs is 3. The minimum atomic E-state index is -1.20. The molecule has 6 rings (SSSR count). The van der Waals surface area contributed by atoms with Gasteiger partial charge >= 0.3 is 5.97 Å². The van der Waals surface area contributed by atoms with Crippen molar-refractivity contribution in [2.45, 2.75) is 38.6 Å². The van der Waals surface area contributed by atoms with E-state index >= 15 is 0 Å². The molecule has 0 spiro atoms. The molecule has 1 fully saturated rings. The zero-order chi connectivity index (χ0) is 26.4. The molecule has 4 nitrogen and oxygen atoms in total. The molecule has 2 aromatic carbocycles. The molecule has 2 aromatic heterocycles. The van der Waals surface area contributed by atoms with E-state index < -0.39 is 5.97 Å². The van der Waals surface area contributed by atoms with Gasteiger partial charge in [-0.15, -0.1) is 22.7 Å². The second-order valence-electron chi connectivity index (χ2n) is 10.2. The average molecular weight is 537 g/mol. The van der Waals surface area contributed by atoms with Gasteiger partial charge in [-0.05, 0) is 84.0 Å². The molecule has 0 bridgehead atoms. The second-order valence-corrected chi connectivity index (χ2v) is 12.4. The van der Waals surface area contributed by atoms with E-state index in [4.69, 9.17) is 10.4 Å². The van der Waals surface area contributed by atoms with Gasteiger partial charge in [0.1, 0.15) is 11.6 Å². The highest BCUT2D eigenvalue weighted by molar-refractivity contribution is 7.24. The number of carbonyl (C=O) groups is 1. The van der Waals surface area contributed by atoms with Crippen LogP contribution in [0.1, 0.15) is 43.0 Å². The summed E-state index contributed by atoms with van der Waals surface area (Å²) in [5.74, 6) is 0.662. The van der Waals surface area contributed by atoms with Crippen molar-refractivity contribution in [2.75, 3.05) is 4.90 Å². The third-order valence-electron chi connectivity index (χ3n) is 8.04. The van der Waals surface area contributed by atoms with E-state index in [-0.39, 0.29) is 5.57 Å². The van der Waals surface area contributed by atoms with Crippen molar-refractivity contribution in [3.05, 3.63) is 88.8 Å². The van der Waals surface area contributed by atoms with Gasteiger partial charge in [-0.25, -0.2) is 4.79 Å². The fourth-order valence-electron chi connectivity index (χ4n) is 6.39. The Morgan fingerprint density at radius 2 is 1.79 bits per heavy atom. The number of para-hydroxylation sites is 1. The van der Waals surface area contributed by atoms with Crippen LogP contribution in [0.25, 0.3) is 26.3 Å². The number of nitrogens with zero attached hydrogens (tertiary/aromatic N) is 2. The van der Waals surface area contributed by atoms with Gasteiger partial charge in [-0.3, -0.25) is 0 Å². The van der Waals surface area contributed by atoms with E-state index in [0.29, 0.717) is 23.8 Å². The van der Waals surface area contributed by atoms with Crippen LogP contribution in [0.4, 0.5) is 11.4 Å². The summed E-state index contributed by atoms with van der Waals surface area (Å²) in [7, 11) is 0. The van der Waals surface area contributed by atoms with Gasteiger partial charge in [0.2, 0.25) is 0 Å². The summed E-state index contributed by atoms with van der Waals surface area (Å²) in [5.41, 5.74) is 5.09. The number of hydrogen-bond donors (Lipinski definition) is 1. The third-order valence-corrected chi connectivity index (χ3v) is 10.4. The summed E-state index contributed by atoms with van der Waals surface area (Å²) < 4.78 is 0. The highest BCUT2D eigenvalue weighted by Crippen LogP contribution is 2.58. The normalized spacial score (nSPS) is 22.2. The maximum atomic E-state index is 11.2. The molecule has 0 amide bonds. The van der Waals surface area contributed by atoms with Crippen LogP contribution < -0.4 is 4.90 Å². The van der Waals surface area contributed by atoms with Crippen LogP contribution in [0, 0.1) is 23.2 Å². The summed E-state index contributed by atoms with van der Waals surface area (Å²) in [5, 5.41) is 18.2. The number of rotatable bonds is 6. The lowest BCUT2D eigenvalue weighted by Crippen LogP contribution is -2.32. The largest absolute Gasteiger partial charge is 0.477 e. The first-order valence-electron chi connectivity index (χ1n) is 13.0. The zero-order valence-corrected chi connectivity index (χ0v) is 22.9. The highest BCUT2D eigenvalue weighted by atomic mass is 32.1. The van der Waals surface area contributed by atoms with Crippen molar-refractivity contribution in [3.63, 3.8) is 0 Å². The maximum absolute atomic E-state index is 11.2. The molecule has 1 saturated carbocycles. The molecule has 2 aliphatic rings. The van der Waals surface area contributed by atoms with Gasteiger partial charge in [-0.1, -0.05) is 44.5 Å². The van der Waals surface area contributed by atoms with Crippen LogP contribution in [0.3, 0.4) is 0 Å². The molecule has 1 aliphatic carbocycles. The van der Waals surface area contributed by atoms with Crippen molar-refractivity contribution in [2.24, 2.45) is 11.8 Å². The number of nitriles is 1. The van der Waals surface area contributed by atoms with Crippen molar-refractivity contribution in [1.82, 2.24) is 0 Å². The Labute approximate surface area is 231 Å². The van der Waals surface area contributed by atoms with E-state index in [2.05, 4.69) is 79.4 Å². The SMILES string of the molecule is CCC1CC(C)C2c3cc(-c4ccc(-c5ccc(/C=C(\C#N)C(=O)O)s5)s4)ccc3N(c3ccccc3)C12. The molecule has 190 valence electrons. The summed E-state index contributed by atoms with van der Waals surface area (Å²) in [4.78, 5) is 18.0. The van der Waals surface area contributed by atoms with Crippen molar-refractivity contribution < 1.29 is 9.90 Å². The molecule has 4 unspecified atom stereocenters. The molecular formula is C32H28N2O2S2. The lowest BCUT2D eigenvalue weighted by Gasteiger charge is -2.31. The minimum absolute atomic E-state index is 0.252. The molecule has 38 heavy (non-hydrogen) atoms. The number of thiophene rings is 2. The molecule has 0 saturated heterocycles. The Morgan fingerprint density at radius 1 is 1.05 bits per heavy atom. The van der Waals surface area contributed by atoms with Gasteiger partial charge in [0.25, 0.3) is 0 Å². The Morgan fingerprint density at radius 3 is 2.53 bits per heavy atom. The molecule has 4 aromatic rings. The maximum Gasteiger partial charge on any atom is 0.346 e. The lowest BCUT2D eigenvalue weighted by atomic mass is 9.88. The molecule has 1 N–H and O–H groups in total. The van der Waals surface area contributed by atoms with Crippen LogP contribution in [-0.2, 0) is 4.79 Å². The van der Waals surface area contributed by atoms with Crippen LogP contribution in [-0.4, -0.2) is 17.1 Å². The zero-order valence-electron chi connectivity index (χ0n) is 21.3. The van der Waals surface area contributed by atoms with E-state index in [1.165, 1.54) is 57.6 Å². The number of aliphatic carboxylic acids is 1. The topological polar surface area (TPSA) is 64.3 Å². The van der Waals surface area contributed by atoms with Gasteiger partial charge < -0.3 is 10.0 Å². The monoisotopic (exact) mass is 536 g/mol. The first-order chi connectivity index (χ1) is 18.5. The second kappa shape index (κ2) is 9.90. The van der Waals surface area contributed by atoms with E-state index in [1.807, 2.05) is 12.1 Å². The quantitative estimate of drug-likeness (QED) is 0.197. The minimum Gasteiger partial charge on any atom is -0.477 e. The van der Waals surface area contributed by atoms with E-state index in [9.17, 15) is 4.79 Å². The standard InChI is InChI=1S/C32H28N2O2S2/c1-3-20-15-19(2)30-25-17-21(9-11-26(25)34(31(20)30)23-7-5-4-6-8-23)27-13-14-29(38-27)28-12-10-24(37-28)16-22(18-33)32(35)36/h4-14,16-17,19-20,30-31H,3,15H2,1-2H3,(H,35,36)/b22-16+. The average Bonchev–Trinajstić information content (AvgIpc) is 3.71. The number of carboxylic acids is 1. The molecule has 4 atom stereocenters. The van der Waals surface area contributed by atoms with Crippen LogP contribution in [0.2, 0.25) is 0 Å². The van der Waals surface area contributed by atoms with E-state index in [1.54, 1.807) is 17.4 Å². The number of carboxylic acid groups (broad SMARTS) is 1. The van der Waals surface area contributed by atoms with Crippen LogP contribution in [0.15, 0.2) is 78.4 Å². The summed E-state index contributed by atoms with van der Waals surface area (Å²) in [6, 6.07) is 28.3. The Bertz CT molecular complexity index is 1580. The van der Waals surface area contributed by atoms with Crippen molar-refractivity contribution in [3.8, 4) is 26.3 Å². The predicted molar refractivity (Wildman–Crippen MR) is 157 cm³/mol. The molecule has 1 aliphatic heterocycles. The molecular weight excluding hydrogens is 508 g/mol. The van der Waals surface area contributed by atoms with Crippen LogP contribution >= 0.6 is 22.7 Å². The number of anilines is 2. The van der Waals surface area contributed by atoms with Crippen molar-refractivity contribution >= 4 is 46.1 Å². The summed E-state index contributed by atoms with van der Waals surface area (Å²) in [6.45, 7) is 4.76. The fraction of sp³-hybridized carbons (Fsp3) is 0.250. The summed E-state index contributed by atoms with van der Waals surface area (Å²) in [6.07, 6.45) is 3.91. The lowest BCUT2D eigenvalue weighted by molar-refractivity contribution is -0.132. The van der Waals surface area contributed by atoms with Gasteiger partial charge in [-0.2, -0.15) is 5.26 Å². The highest BCUT2D eigenvalue weighted by Gasteiger charge is 2.50. The van der Waals surface area contributed by atoms with Gasteiger partial charge in [0.05, 0.1) is 0 Å². The number of hydrogen-bond acceptors (Lipinski definition) is 5. The van der Waals surface area contributed by atoms with Crippen LogP contribution in [0.5, 0.6) is 0 Å². The smallest absolute Gasteiger partial charge is 0.346 e. The predicted octanol–water partition coefficient (Wildman–Crippen LogP) is 8.81. The van der Waals surface area contributed by atoms with Gasteiger partial charge in [0, 0.05) is 42.8 Å². The fourth-order valence-corrected chi connectivity index (χ4v) is 8.43. The van der Waals surface area contributed by atoms with Gasteiger partial charge in [0.15, 0.2) is 0 Å². The Hall–Kier alpha value is -3.66. The molecule has 3 heterocycles. The Balaban J connectivity index is 1.35. The first kappa shape index (κ1) is 24.7. The molecule has 6 heteroatoms. The van der Waals surface area contributed by atoms with Crippen molar-refractivity contribution in [1.29, 1.82) is 5.26 Å². The Kier molecular flexibility index (Phi) is 6.43. The first-order valence-corrected chi connectivity index (χ1v) is 14.7. The van der Waals surface area contributed by atoms with E-state index in [0.717, 1.165) is 14.6 Å². The third kappa shape index (κ3) is 4.16. The molecule has 0 radical (unpaired) electrons.